The summed E-state index contributed by atoms with van der Waals surface area (Å²) in [6.45, 7) is 13.4. The second-order valence-electron chi connectivity index (χ2n) is 9.60. The van der Waals surface area contributed by atoms with E-state index in [9.17, 15) is 9.59 Å². The molecule has 0 bridgehead atoms. The maximum atomic E-state index is 11.1. The fourth-order valence-corrected chi connectivity index (χ4v) is 4.31. The SMILES string of the molecule is CCOc1nc(C)ccc1CN(C)C=O.Cc1c(NSc2ccc(C(C)(C)C)cc2)ccc(Cl)c1C=O. The van der Waals surface area contributed by atoms with Gasteiger partial charge in [0.25, 0.3) is 0 Å². The summed E-state index contributed by atoms with van der Waals surface area (Å²) in [5, 5.41) is 0.484. The fourth-order valence-electron chi connectivity index (χ4n) is 3.34. The molecule has 0 aliphatic carbocycles. The predicted octanol–water partition coefficient (Wildman–Crippen LogP) is 7.25. The number of halogens is 1. The molecule has 8 heteroatoms. The van der Waals surface area contributed by atoms with Crippen molar-refractivity contribution in [1.82, 2.24) is 9.88 Å². The summed E-state index contributed by atoms with van der Waals surface area (Å²) in [7, 11) is 1.72. The molecule has 0 fully saturated rings. The van der Waals surface area contributed by atoms with Crippen molar-refractivity contribution < 1.29 is 14.3 Å². The van der Waals surface area contributed by atoms with Gasteiger partial charge >= 0.3 is 0 Å². The fraction of sp³-hybridized carbons (Fsp3) is 0.345. The van der Waals surface area contributed by atoms with Crippen molar-refractivity contribution in [2.24, 2.45) is 0 Å². The second-order valence-corrected chi connectivity index (χ2v) is 10.9. The molecule has 37 heavy (non-hydrogen) atoms. The Labute approximate surface area is 229 Å². The van der Waals surface area contributed by atoms with Gasteiger partial charge in [-0.1, -0.05) is 50.6 Å². The molecule has 3 aromatic rings. The van der Waals surface area contributed by atoms with E-state index in [0.29, 0.717) is 29.6 Å². The maximum absolute atomic E-state index is 11.1. The Balaban J connectivity index is 0.000000281. The first-order chi connectivity index (χ1) is 17.5. The Morgan fingerprint density at radius 2 is 1.73 bits per heavy atom. The number of nitrogens with zero attached hydrogens (tertiary/aromatic N) is 2. The molecule has 6 nitrogen and oxygen atoms in total. The summed E-state index contributed by atoms with van der Waals surface area (Å²) in [5.41, 5.74) is 5.60. The van der Waals surface area contributed by atoms with Gasteiger partial charge in [-0.3, -0.25) is 9.59 Å². The molecule has 1 aromatic heterocycles. The molecule has 3 rings (SSSR count). The van der Waals surface area contributed by atoms with Crippen LogP contribution in [0.5, 0.6) is 5.88 Å². The summed E-state index contributed by atoms with van der Waals surface area (Å²) in [4.78, 5) is 28.6. The van der Waals surface area contributed by atoms with Gasteiger partial charge in [0.2, 0.25) is 12.3 Å². The van der Waals surface area contributed by atoms with E-state index in [-0.39, 0.29) is 5.41 Å². The van der Waals surface area contributed by atoms with Crippen molar-refractivity contribution in [2.45, 2.75) is 58.4 Å². The van der Waals surface area contributed by atoms with Crippen LogP contribution in [0.2, 0.25) is 5.02 Å². The zero-order valence-corrected chi connectivity index (χ0v) is 24.2. The first kappa shape index (κ1) is 30.2. The lowest BCUT2D eigenvalue weighted by Gasteiger charge is -2.19. The molecular weight excluding hydrogens is 506 g/mol. The number of aryl methyl sites for hydroxylation is 1. The smallest absolute Gasteiger partial charge is 0.218 e. The van der Waals surface area contributed by atoms with Crippen molar-refractivity contribution >= 4 is 41.9 Å². The number of pyridine rings is 1. The summed E-state index contributed by atoms with van der Waals surface area (Å²) in [6, 6.07) is 16.0. The number of nitrogens with one attached hydrogen (secondary N) is 1. The first-order valence-electron chi connectivity index (χ1n) is 12.0. The van der Waals surface area contributed by atoms with Gasteiger partial charge in [0.15, 0.2) is 6.29 Å². The van der Waals surface area contributed by atoms with Crippen LogP contribution < -0.4 is 9.46 Å². The minimum atomic E-state index is 0.155. The number of carbonyl (C=O) groups is 2. The topological polar surface area (TPSA) is 71.5 Å². The van der Waals surface area contributed by atoms with Crippen LogP contribution in [0.3, 0.4) is 0 Å². The Hall–Kier alpha value is -3.03. The molecule has 0 radical (unpaired) electrons. The van der Waals surface area contributed by atoms with E-state index in [1.165, 1.54) is 17.5 Å². The third-order valence-corrected chi connectivity index (χ3v) is 6.70. The van der Waals surface area contributed by atoms with Gasteiger partial charge in [-0.15, -0.1) is 0 Å². The Kier molecular flexibility index (Phi) is 11.5. The molecule has 198 valence electrons. The van der Waals surface area contributed by atoms with Crippen LogP contribution in [0.15, 0.2) is 53.4 Å². The highest BCUT2D eigenvalue weighted by molar-refractivity contribution is 8.00. The Morgan fingerprint density at radius 1 is 1.05 bits per heavy atom. The second kappa shape index (κ2) is 14.1. The molecule has 1 N–H and O–H groups in total. The van der Waals surface area contributed by atoms with E-state index in [1.807, 2.05) is 39.0 Å². The van der Waals surface area contributed by atoms with Gasteiger partial charge in [-0.25, -0.2) is 4.98 Å². The average molecular weight is 542 g/mol. The van der Waals surface area contributed by atoms with Crippen molar-refractivity contribution in [3.8, 4) is 5.88 Å². The van der Waals surface area contributed by atoms with Crippen LogP contribution in [0.4, 0.5) is 5.69 Å². The van der Waals surface area contributed by atoms with Crippen LogP contribution in [0, 0.1) is 13.8 Å². The molecule has 0 aliphatic rings. The largest absolute Gasteiger partial charge is 0.478 e. The lowest BCUT2D eigenvalue weighted by Crippen LogP contribution is -2.16. The molecular formula is C29H36ClN3O3S. The number of hydrogen-bond donors (Lipinski definition) is 1. The molecule has 0 atom stereocenters. The lowest BCUT2D eigenvalue weighted by molar-refractivity contribution is -0.117. The minimum Gasteiger partial charge on any atom is -0.478 e. The highest BCUT2D eigenvalue weighted by Crippen LogP contribution is 2.30. The van der Waals surface area contributed by atoms with E-state index in [1.54, 1.807) is 18.0 Å². The van der Waals surface area contributed by atoms with Gasteiger partial charge in [-0.05, 0) is 79.6 Å². The molecule has 1 amide bonds. The summed E-state index contributed by atoms with van der Waals surface area (Å²) < 4.78 is 8.70. The number of aromatic nitrogens is 1. The standard InChI is InChI=1S/C18H20ClNOS.C11H16N2O2/c1-12-15(11-21)16(19)9-10-17(12)20-22-14-7-5-13(6-8-14)18(2,3)4;1-4-15-11-10(7-13(3)8-14)6-5-9(2)12-11/h5-11,20H,1-4H3;5-6,8H,4,7H2,1-3H3. The molecule has 2 aromatic carbocycles. The van der Waals surface area contributed by atoms with Crippen molar-refractivity contribution in [3.63, 3.8) is 0 Å². The number of rotatable bonds is 9. The van der Waals surface area contributed by atoms with Crippen LogP contribution >= 0.6 is 23.5 Å². The quantitative estimate of drug-likeness (QED) is 0.227. The molecule has 0 saturated carbocycles. The highest BCUT2D eigenvalue weighted by atomic mass is 35.5. The van der Waals surface area contributed by atoms with Gasteiger partial charge in [0.05, 0.1) is 18.2 Å². The first-order valence-corrected chi connectivity index (χ1v) is 13.2. The molecule has 0 aliphatic heterocycles. The zero-order valence-electron chi connectivity index (χ0n) is 22.6. The van der Waals surface area contributed by atoms with Crippen molar-refractivity contribution in [2.75, 3.05) is 18.4 Å². The van der Waals surface area contributed by atoms with E-state index < -0.39 is 0 Å². The van der Waals surface area contributed by atoms with E-state index >= 15 is 0 Å². The van der Waals surface area contributed by atoms with Crippen LogP contribution in [-0.2, 0) is 16.8 Å². The maximum Gasteiger partial charge on any atom is 0.218 e. The monoisotopic (exact) mass is 541 g/mol. The van der Waals surface area contributed by atoms with Gasteiger partial charge < -0.3 is 14.4 Å². The summed E-state index contributed by atoms with van der Waals surface area (Å²) >= 11 is 7.54. The van der Waals surface area contributed by atoms with Crippen molar-refractivity contribution in [3.05, 3.63) is 81.5 Å². The molecule has 0 unspecified atom stereocenters. The predicted molar refractivity (Wildman–Crippen MR) is 154 cm³/mol. The van der Waals surface area contributed by atoms with E-state index in [4.69, 9.17) is 16.3 Å². The summed E-state index contributed by atoms with van der Waals surface area (Å²) in [6.07, 6.45) is 1.58. The van der Waals surface area contributed by atoms with Crippen molar-refractivity contribution in [1.29, 1.82) is 0 Å². The number of benzene rings is 2. The number of anilines is 1. The number of ether oxygens (including phenoxy) is 1. The van der Waals surface area contributed by atoms with Crippen LogP contribution in [-0.4, -0.2) is 36.2 Å². The molecule has 1 heterocycles. The van der Waals surface area contributed by atoms with Gasteiger partial charge in [0, 0.05) is 34.5 Å². The summed E-state index contributed by atoms with van der Waals surface area (Å²) in [5.74, 6) is 0.617. The highest BCUT2D eigenvalue weighted by Gasteiger charge is 2.13. The Morgan fingerprint density at radius 3 is 2.30 bits per heavy atom. The normalized spacial score (nSPS) is 10.7. The minimum absolute atomic E-state index is 0.155. The van der Waals surface area contributed by atoms with Crippen LogP contribution in [0.25, 0.3) is 0 Å². The van der Waals surface area contributed by atoms with E-state index in [0.717, 1.165) is 40.1 Å². The van der Waals surface area contributed by atoms with E-state index in [2.05, 4.69) is 54.7 Å². The van der Waals surface area contributed by atoms with Gasteiger partial charge in [0.1, 0.15) is 0 Å². The van der Waals surface area contributed by atoms with Gasteiger partial charge in [-0.2, -0.15) is 0 Å². The Bertz CT molecular complexity index is 1190. The zero-order chi connectivity index (χ0) is 27.6. The number of amides is 1. The molecule has 0 saturated heterocycles. The third kappa shape index (κ3) is 9.09. The molecule has 0 spiro atoms. The number of carbonyl (C=O) groups excluding carboxylic acids is 2. The number of aldehydes is 1. The van der Waals surface area contributed by atoms with Crippen LogP contribution in [0.1, 0.15) is 60.4 Å². The average Bonchev–Trinajstić information content (AvgIpc) is 2.86. The lowest BCUT2D eigenvalue weighted by atomic mass is 9.87. The third-order valence-electron chi connectivity index (χ3n) is 5.54. The number of hydrogen-bond acceptors (Lipinski definition) is 6.